The van der Waals surface area contributed by atoms with Crippen molar-refractivity contribution in [3.8, 4) is 5.75 Å². The van der Waals surface area contributed by atoms with E-state index >= 15 is 0 Å². The first kappa shape index (κ1) is 15.0. The number of phenols is 1. The minimum Gasteiger partial charge on any atom is -0.508 e. The first-order chi connectivity index (χ1) is 11.3. The molecular formula is C18H23N3OS. The van der Waals surface area contributed by atoms with Crippen LogP contribution >= 0.6 is 11.3 Å². The summed E-state index contributed by atoms with van der Waals surface area (Å²) in [5.74, 6) is 0.346. The summed E-state index contributed by atoms with van der Waals surface area (Å²) >= 11 is 1.93. The van der Waals surface area contributed by atoms with Gasteiger partial charge in [-0.2, -0.15) is 0 Å². The van der Waals surface area contributed by atoms with Crippen LogP contribution in [0.3, 0.4) is 0 Å². The van der Waals surface area contributed by atoms with Crippen molar-refractivity contribution in [1.82, 2.24) is 9.88 Å². The summed E-state index contributed by atoms with van der Waals surface area (Å²) in [7, 11) is 0. The predicted octanol–water partition coefficient (Wildman–Crippen LogP) is 3.05. The summed E-state index contributed by atoms with van der Waals surface area (Å²) in [6.45, 7) is 5.12. The second kappa shape index (κ2) is 6.49. The van der Waals surface area contributed by atoms with E-state index in [1.165, 1.54) is 41.3 Å². The first-order valence-corrected chi connectivity index (χ1v) is 9.33. The van der Waals surface area contributed by atoms with Crippen LogP contribution in [0.5, 0.6) is 5.75 Å². The number of nitrogens with zero attached hydrogens (tertiary/aromatic N) is 3. The third-order valence-corrected chi connectivity index (χ3v) is 5.96. The van der Waals surface area contributed by atoms with E-state index in [9.17, 15) is 5.11 Å². The van der Waals surface area contributed by atoms with Crippen LogP contribution in [0.1, 0.15) is 28.4 Å². The number of hydrogen-bond donors (Lipinski definition) is 1. The standard InChI is InChI=1S/C18H23N3OS/c22-15-5-3-4-14(12-15)21-10-8-20(9-11-21)13-18-19-16-6-1-2-7-17(16)23-18/h3-5,12,22H,1-2,6-11,13H2. The van der Waals surface area contributed by atoms with Crippen LogP contribution in [-0.4, -0.2) is 41.2 Å². The molecule has 0 bridgehead atoms. The maximum Gasteiger partial charge on any atom is 0.117 e. The molecule has 1 aliphatic heterocycles. The molecule has 0 spiro atoms. The molecule has 1 aliphatic carbocycles. The number of hydrogen-bond acceptors (Lipinski definition) is 5. The van der Waals surface area contributed by atoms with Gasteiger partial charge in [-0.1, -0.05) is 6.07 Å². The molecule has 1 aromatic heterocycles. The van der Waals surface area contributed by atoms with Gasteiger partial charge in [-0.15, -0.1) is 11.3 Å². The van der Waals surface area contributed by atoms with Crippen molar-refractivity contribution >= 4 is 17.0 Å². The zero-order chi connectivity index (χ0) is 15.6. The number of rotatable bonds is 3. The summed E-state index contributed by atoms with van der Waals surface area (Å²) in [5.41, 5.74) is 2.49. The first-order valence-electron chi connectivity index (χ1n) is 8.52. The lowest BCUT2D eigenvalue weighted by Gasteiger charge is -2.35. The van der Waals surface area contributed by atoms with Crippen LogP contribution in [-0.2, 0) is 19.4 Å². The maximum absolute atomic E-state index is 9.63. The fourth-order valence-corrected chi connectivity index (χ4v) is 4.72. The van der Waals surface area contributed by atoms with Gasteiger partial charge < -0.3 is 10.0 Å². The topological polar surface area (TPSA) is 39.6 Å². The smallest absolute Gasteiger partial charge is 0.117 e. The van der Waals surface area contributed by atoms with Crippen molar-refractivity contribution in [2.24, 2.45) is 0 Å². The van der Waals surface area contributed by atoms with E-state index in [2.05, 4.69) is 15.9 Å². The number of benzene rings is 1. The molecule has 0 atom stereocenters. The van der Waals surface area contributed by atoms with E-state index in [0.717, 1.165) is 38.4 Å². The number of aromatic hydroxyl groups is 1. The Morgan fingerprint density at radius 3 is 2.70 bits per heavy atom. The van der Waals surface area contributed by atoms with Crippen LogP contribution in [0.2, 0.25) is 0 Å². The van der Waals surface area contributed by atoms with Crippen LogP contribution in [0.25, 0.3) is 0 Å². The zero-order valence-electron chi connectivity index (χ0n) is 13.4. The molecule has 1 fully saturated rings. The number of aromatic nitrogens is 1. The number of phenolic OH excluding ortho intramolecular Hbond substituents is 1. The van der Waals surface area contributed by atoms with Crippen molar-refractivity contribution in [2.75, 3.05) is 31.1 Å². The molecule has 122 valence electrons. The largest absolute Gasteiger partial charge is 0.508 e. The number of aryl methyl sites for hydroxylation is 2. The summed E-state index contributed by atoms with van der Waals surface area (Å²) in [6, 6.07) is 7.57. The summed E-state index contributed by atoms with van der Waals surface area (Å²) in [4.78, 5) is 11.2. The Bertz CT molecular complexity index is 653. The molecule has 0 radical (unpaired) electrons. The van der Waals surface area contributed by atoms with E-state index in [4.69, 9.17) is 4.98 Å². The van der Waals surface area contributed by atoms with Crippen molar-refractivity contribution in [3.05, 3.63) is 39.8 Å². The predicted molar refractivity (Wildman–Crippen MR) is 94.4 cm³/mol. The highest BCUT2D eigenvalue weighted by atomic mass is 32.1. The van der Waals surface area contributed by atoms with Crippen molar-refractivity contribution in [3.63, 3.8) is 0 Å². The molecule has 1 aromatic carbocycles. The fourth-order valence-electron chi connectivity index (χ4n) is 3.52. The lowest BCUT2D eigenvalue weighted by Crippen LogP contribution is -2.45. The molecule has 1 N–H and O–H groups in total. The van der Waals surface area contributed by atoms with Gasteiger partial charge in [0.15, 0.2) is 0 Å². The van der Waals surface area contributed by atoms with E-state index < -0.39 is 0 Å². The monoisotopic (exact) mass is 329 g/mol. The Labute approximate surface area is 141 Å². The van der Waals surface area contributed by atoms with Crippen LogP contribution in [0, 0.1) is 0 Å². The highest BCUT2D eigenvalue weighted by molar-refractivity contribution is 7.11. The normalized spacial score (nSPS) is 18.9. The molecule has 2 aliphatic rings. The molecule has 2 heterocycles. The van der Waals surface area contributed by atoms with Crippen LogP contribution < -0.4 is 4.90 Å². The second-order valence-corrected chi connectivity index (χ2v) is 7.64. The van der Waals surface area contributed by atoms with E-state index in [1.54, 1.807) is 6.07 Å². The molecule has 0 unspecified atom stereocenters. The average molecular weight is 329 g/mol. The molecule has 4 nitrogen and oxygen atoms in total. The van der Waals surface area contributed by atoms with Gasteiger partial charge >= 0.3 is 0 Å². The number of anilines is 1. The van der Waals surface area contributed by atoms with E-state index in [1.807, 2.05) is 23.5 Å². The minimum atomic E-state index is 0.346. The number of thiazole rings is 1. The maximum atomic E-state index is 9.63. The van der Waals surface area contributed by atoms with E-state index in [0.29, 0.717) is 5.75 Å². The van der Waals surface area contributed by atoms with Crippen molar-refractivity contribution in [2.45, 2.75) is 32.2 Å². The minimum absolute atomic E-state index is 0.346. The molecule has 5 heteroatoms. The average Bonchev–Trinajstić information content (AvgIpc) is 2.98. The summed E-state index contributed by atoms with van der Waals surface area (Å²) < 4.78 is 0. The third-order valence-electron chi connectivity index (χ3n) is 4.82. The SMILES string of the molecule is Oc1cccc(N2CCN(Cc3nc4c(s3)CCCC4)CC2)c1. The molecule has 4 rings (SSSR count). The van der Waals surface area contributed by atoms with Crippen LogP contribution in [0.15, 0.2) is 24.3 Å². The Balaban J connectivity index is 1.35. The fraction of sp³-hybridized carbons (Fsp3) is 0.500. The Kier molecular flexibility index (Phi) is 4.23. The highest BCUT2D eigenvalue weighted by Crippen LogP contribution is 2.28. The molecule has 0 saturated carbocycles. The second-order valence-electron chi connectivity index (χ2n) is 6.47. The summed E-state index contributed by atoms with van der Waals surface area (Å²) in [6.07, 6.45) is 5.05. The van der Waals surface area contributed by atoms with Gasteiger partial charge in [0, 0.05) is 42.8 Å². The van der Waals surface area contributed by atoms with Gasteiger partial charge in [0.1, 0.15) is 10.8 Å². The van der Waals surface area contributed by atoms with Gasteiger partial charge in [-0.05, 0) is 37.8 Å². The van der Waals surface area contributed by atoms with Gasteiger partial charge in [-0.25, -0.2) is 4.98 Å². The molecule has 0 amide bonds. The lowest BCUT2D eigenvalue weighted by molar-refractivity contribution is 0.249. The highest BCUT2D eigenvalue weighted by Gasteiger charge is 2.20. The lowest BCUT2D eigenvalue weighted by atomic mass is 10.0. The molecule has 23 heavy (non-hydrogen) atoms. The van der Waals surface area contributed by atoms with Crippen molar-refractivity contribution < 1.29 is 5.11 Å². The Morgan fingerprint density at radius 1 is 1.09 bits per heavy atom. The Hall–Kier alpha value is -1.59. The number of fused-ring (bicyclic) bond motifs is 1. The van der Waals surface area contributed by atoms with Gasteiger partial charge in [0.2, 0.25) is 0 Å². The quantitative estimate of drug-likeness (QED) is 0.939. The molecule has 2 aromatic rings. The molecular weight excluding hydrogens is 306 g/mol. The van der Waals surface area contributed by atoms with E-state index in [-0.39, 0.29) is 0 Å². The van der Waals surface area contributed by atoms with Gasteiger partial charge in [0.05, 0.1) is 12.2 Å². The summed E-state index contributed by atoms with van der Waals surface area (Å²) in [5, 5.41) is 10.9. The number of piperazine rings is 1. The molecule has 1 saturated heterocycles. The zero-order valence-corrected chi connectivity index (χ0v) is 14.2. The van der Waals surface area contributed by atoms with Crippen LogP contribution in [0.4, 0.5) is 5.69 Å². The Morgan fingerprint density at radius 2 is 1.91 bits per heavy atom. The van der Waals surface area contributed by atoms with Crippen molar-refractivity contribution in [1.29, 1.82) is 0 Å². The van der Waals surface area contributed by atoms with Gasteiger partial charge in [-0.3, -0.25) is 4.90 Å². The third kappa shape index (κ3) is 3.35. The van der Waals surface area contributed by atoms with Gasteiger partial charge in [0.25, 0.3) is 0 Å².